The molecule has 178 valence electrons. The van der Waals surface area contributed by atoms with Crippen molar-refractivity contribution in [2.45, 2.75) is 38.5 Å². The predicted molar refractivity (Wildman–Crippen MR) is 130 cm³/mol. The Kier molecular flexibility index (Phi) is 5.53. The first kappa shape index (κ1) is 22.4. The summed E-state index contributed by atoms with van der Waals surface area (Å²) >= 11 is 0. The van der Waals surface area contributed by atoms with Gasteiger partial charge in [0.1, 0.15) is 11.9 Å². The van der Waals surface area contributed by atoms with Gasteiger partial charge in [0.05, 0.1) is 30.5 Å². The molecular formula is C25H29N5O4. The van der Waals surface area contributed by atoms with Crippen LogP contribution in [0.1, 0.15) is 25.0 Å². The second-order valence-corrected chi connectivity index (χ2v) is 9.51. The summed E-state index contributed by atoms with van der Waals surface area (Å²) in [5.74, 6) is 1.18. The van der Waals surface area contributed by atoms with Gasteiger partial charge in [-0.2, -0.15) is 0 Å². The molecule has 0 saturated carbocycles. The summed E-state index contributed by atoms with van der Waals surface area (Å²) < 4.78 is 11.0. The minimum atomic E-state index is -1.12. The van der Waals surface area contributed by atoms with Crippen molar-refractivity contribution in [3.63, 3.8) is 0 Å². The Labute approximate surface area is 198 Å². The number of carbonyl (C=O) groups is 1. The number of hydrogen-bond acceptors (Lipinski definition) is 8. The maximum atomic E-state index is 12.4. The molecule has 3 aromatic rings. The van der Waals surface area contributed by atoms with Crippen LogP contribution in [0.3, 0.4) is 0 Å². The number of likely N-dealkylation sites (N-methyl/N-ethyl adjacent to an activating group) is 1. The Balaban J connectivity index is 1.44. The molecule has 0 aliphatic carbocycles. The molecule has 0 unspecified atom stereocenters. The van der Waals surface area contributed by atoms with Crippen molar-refractivity contribution >= 4 is 34.3 Å². The lowest BCUT2D eigenvalue weighted by Gasteiger charge is -2.26. The van der Waals surface area contributed by atoms with Crippen molar-refractivity contribution < 1.29 is 19.4 Å². The Morgan fingerprint density at radius 1 is 1.24 bits per heavy atom. The number of ether oxygens (including phenoxy) is 2. The van der Waals surface area contributed by atoms with E-state index in [1.165, 1.54) is 16.0 Å². The lowest BCUT2D eigenvalue weighted by atomic mass is 9.99. The molecule has 1 fully saturated rings. The van der Waals surface area contributed by atoms with Crippen LogP contribution in [0.15, 0.2) is 36.5 Å². The fraction of sp³-hybridized carbons (Fsp3) is 0.400. The van der Waals surface area contributed by atoms with Gasteiger partial charge in [0, 0.05) is 30.4 Å². The number of fused-ring (bicyclic) bond motifs is 2. The number of methoxy groups -OCH3 is 1. The van der Waals surface area contributed by atoms with E-state index < -0.39 is 17.8 Å². The van der Waals surface area contributed by atoms with Crippen LogP contribution in [0.2, 0.25) is 0 Å². The number of nitrogens with one attached hydrogen (secondary N) is 1. The van der Waals surface area contributed by atoms with Gasteiger partial charge in [-0.1, -0.05) is 0 Å². The van der Waals surface area contributed by atoms with Crippen LogP contribution in [-0.2, 0) is 17.7 Å². The molecular weight excluding hydrogens is 434 g/mol. The summed E-state index contributed by atoms with van der Waals surface area (Å²) in [4.78, 5) is 25.4. The quantitative estimate of drug-likeness (QED) is 0.593. The zero-order chi connectivity index (χ0) is 24.0. The van der Waals surface area contributed by atoms with Gasteiger partial charge in [0.25, 0.3) is 0 Å². The van der Waals surface area contributed by atoms with Gasteiger partial charge in [0.2, 0.25) is 5.95 Å². The van der Waals surface area contributed by atoms with Crippen LogP contribution in [-0.4, -0.2) is 65.0 Å². The lowest BCUT2D eigenvalue weighted by molar-refractivity contribution is -0.0320. The van der Waals surface area contributed by atoms with Crippen LogP contribution in [0.4, 0.5) is 22.1 Å². The summed E-state index contributed by atoms with van der Waals surface area (Å²) in [6, 6.07) is 9.71. The summed E-state index contributed by atoms with van der Waals surface area (Å²) in [7, 11) is 3.77. The zero-order valence-corrected chi connectivity index (χ0v) is 19.8. The minimum Gasteiger partial charge on any atom is -0.495 e. The molecule has 1 aromatic heterocycles. The number of aliphatic hydroxyl groups is 1. The minimum absolute atomic E-state index is 0.269. The number of aromatic nitrogens is 2. The molecule has 2 aliphatic rings. The second-order valence-electron chi connectivity index (χ2n) is 9.51. The standard InChI is InChI=1S/C25H29N5O4/c1-25(2,32)22-14-30(24(31)34-22)18-6-5-16-12-26-23(27-19(16)11-18)28-20-9-17-13-29(3)8-7-15(17)10-21(20)33-4/h5-6,9-12,22,32H,7-8,13-14H2,1-4H3,(H,26,27,28)/t22-/m0/s1. The number of nitrogens with zero attached hydrogens (tertiary/aromatic N) is 4. The third-order valence-corrected chi connectivity index (χ3v) is 6.45. The number of carbonyl (C=O) groups excluding carboxylic acids is 1. The number of hydrogen-bond donors (Lipinski definition) is 2. The molecule has 9 nitrogen and oxygen atoms in total. The fourth-order valence-electron chi connectivity index (χ4n) is 4.40. The van der Waals surface area contributed by atoms with Crippen LogP contribution in [0, 0.1) is 0 Å². The van der Waals surface area contributed by atoms with E-state index >= 15 is 0 Å². The van der Waals surface area contributed by atoms with Gasteiger partial charge in [-0.05, 0) is 68.8 Å². The molecule has 5 rings (SSSR count). The molecule has 0 spiro atoms. The lowest BCUT2D eigenvalue weighted by Crippen LogP contribution is -2.39. The Morgan fingerprint density at radius 2 is 2.06 bits per heavy atom. The Morgan fingerprint density at radius 3 is 2.79 bits per heavy atom. The first-order valence-corrected chi connectivity index (χ1v) is 11.3. The van der Waals surface area contributed by atoms with Gasteiger partial charge < -0.3 is 24.8 Å². The number of anilines is 3. The average molecular weight is 464 g/mol. The van der Waals surface area contributed by atoms with Gasteiger partial charge >= 0.3 is 6.09 Å². The normalized spacial score (nSPS) is 18.7. The largest absolute Gasteiger partial charge is 0.495 e. The predicted octanol–water partition coefficient (Wildman–Crippen LogP) is 3.47. The molecule has 1 amide bonds. The van der Waals surface area contributed by atoms with E-state index in [4.69, 9.17) is 9.47 Å². The molecule has 1 atom stereocenters. The zero-order valence-electron chi connectivity index (χ0n) is 19.8. The Bertz CT molecular complexity index is 1260. The number of amides is 1. The van der Waals surface area contributed by atoms with Crippen LogP contribution >= 0.6 is 0 Å². The highest BCUT2D eigenvalue weighted by Crippen LogP contribution is 2.34. The number of cyclic esters (lactones) is 1. The molecule has 2 aliphatic heterocycles. The van der Waals surface area contributed by atoms with Crippen molar-refractivity contribution in [1.29, 1.82) is 0 Å². The van der Waals surface area contributed by atoms with E-state index in [9.17, 15) is 9.90 Å². The monoisotopic (exact) mass is 463 g/mol. The van der Waals surface area contributed by atoms with Crippen LogP contribution in [0.25, 0.3) is 10.9 Å². The molecule has 3 heterocycles. The van der Waals surface area contributed by atoms with Crippen molar-refractivity contribution in [2.24, 2.45) is 0 Å². The van der Waals surface area contributed by atoms with E-state index in [-0.39, 0.29) is 6.54 Å². The maximum absolute atomic E-state index is 12.4. The molecule has 0 bridgehead atoms. The van der Waals surface area contributed by atoms with E-state index in [1.54, 1.807) is 27.2 Å². The summed E-state index contributed by atoms with van der Waals surface area (Å²) in [6.07, 6.45) is 1.65. The van der Waals surface area contributed by atoms with E-state index in [0.29, 0.717) is 17.2 Å². The first-order valence-electron chi connectivity index (χ1n) is 11.3. The highest BCUT2D eigenvalue weighted by molar-refractivity contribution is 5.93. The van der Waals surface area contributed by atoms with Crippen LogP contribution < -0.4 is 15.0 Å². The Hall–Kier alpha value is -3.43. The maximum Gasteiger partial charge on any atom is 0.414 e. The first-order chi connectivity index (χ1) is 16.2. The van der Waals surface area contributed by atoms with Crippen molar-refractivity contribution in [3.8, 4) is 5.75 Å². The topological polar surface area (TPSA) is 100 Å². The number of benzene rings is 2. The van der Waals surface area contributed by atoms with E-state index in [0.717, 1.165) is 36.3 Å². The highest BCUT2D eigenvalue weighted by atomic mass is 16.6. The van der Waals surface area contributed by atoms with E-state index in [1.807, 2.05) is 18.2 Å². The van der Waals surface area contributed by atoms with Gasteiger partial charge in [-0.15, -0.1) is 0 Å². The van der Waals surface area contributed by atoms with Gasteiger partial charge in [-0.3, -0.25) is 4.90 Å². The van der Waals surface area contributed by atoms with Gasteiger partial charge in [0.15, 0.2) is 0 Å². The van der Waals surface area contributed by atoms with Crippen molar-refractivity contribution in [2.75, 3.05) is 37.5 Å². The average Bonchev–Trinajstić information content (AvgIpc) is 3.20. The molecule has 2 aromatic carbocycles. The third-order valence-electron chi connectivity index (χ3n) is 6.45. The molecule has 1 saturated heterocycles. The summed E-state index contributed by atoms with van der Waals surface area (Å²) in [6.45, 7) is 5.44. The van der Waals surface area contributed by atoms with Crippen molar-refractivity contribution in [3.05, 3.63) is 47.7 Å². The molecule has 9 heteroatoms. The molecule has 34 heavy (non-hydrogen) atoms. The second kappa shape index (κ2) is 8.41. The smallest absolute Gasteiger partial charge is 0.414 e. The highest BCUT2D eigenvalue weighted by Gasteiger charge is 2.40. The van der Waals surface area contributed by atoms with E-state index in [2.05, 4.69) is 39.4 Å². The van der Waals surface area contributed by atoms with Crippen LogP contribution in [0.5, 0.6) is 5.75 Å². The summed E-state index contributed by atoms with van der Waals surface area (Å²) in [5.41, 5.74) is 3.58. The molecule has 0 radical (unpaired) electrons. The van der Waals surface area contributed by atoms with Crippen molar-refractivity contribution in [1.82, 2.24) is 14.9 Å². The molecule has 2 N–H and O–H groups in total. The third kappa shape index (κ3) is 4.24. The summed E-state index contributed by atoms with van der Waals surface area (Å²) in [5, 5.41) is 14.4. The van der Waals surface area contributed by atoms with Gasteiger partial charge in [-0.25, -0.2) is 14.8 Å². The fourth-order valence-corrected chi connectivity index (χ4v) is 4.40. The number of rotatable bonds is 5. The SMILES string of the molecule is COc1cc2c(cc1Nc1ncc3ccc(N4C[C@@H](C(C)(C)O)OC4=O)cc3n1)CN(C)CC2.